The van der Waals surface area contributed by atoms with Gasteiger partial charge in [0.15, 0.2) is 18.0 Å². The smallest absolute Gasteiger partial charge is 0.311 e. The molecule has 0 spiro atoms. The molecule has 0 aliphatic heterocycles. The minimum Gasteiger partial charge on any atom is -0.469 e. The summed E-state index contributed by atoms with van der Waals surface area (Å²) in [6.45, 7) is 5.26. The molecule has 196 valence electrons. The minimum absolute atomic E-state index is 0.110. The van der Waals surface area contributed by atoms with Crippen molar-refractivity contribution in [2.45, 2.75) is 71.1 Å². The maximum atomic E-state index is 17.8. The van der Waals surface area contributed by atoms with Crippen LogP contribution in [0.2, 0.25) is 0 Å². The lowest BCUT2D eigenvalue weighted by Gasteiger charge is -2.63. The highest BCUT2D eigenvalue weighted by atomic mass is 19.1. The van der Waals surface area contributed by atoms with Crippen LogP contribution < -0.4 is 0 Å². The lowest BCUT2D eigenvalue weighted by molar-refractivity contribution is -0.216. The Morgan fingerprint density at radius 3 is 2.39 bits per heavy atom. The first kappa shape index (κ1) is 26.2. The number of allylic oxidation sites excluding steroid dienone is 4. The van der Waals surface area contributed by atoms with Crippen molar-refractivity contribution < 1.29 is 42.6 Å². The van der Waals surface area contributed by atoms with Crippen molar-refractivity contribution in [3.63, 3.8) is 0 Å². The van der Waals surface area contributed by atoms with Crippen LogP contribution in [0.1, 0.15) is 59.8 Å². The van der Waals surface area contributed by atoms with E-state index in [-0.39, 0.29) is 18.6 Å². The zero-order valence-electron chi connectivity index (χ0n) is 21.4. The number of Topliss-reactive ketones (excluding diaryl/α,β-unsaturated/α-hetero) is 1. The summed E-state index contributed by atoms with van der Waals surface area (Å²) in [4.78, 5) is 62.6. The second-order valence-corrected chi connectivity index (χ2v) is 11.0. The summed E-state index contributed by atoms with van der Waals surface area (Å²) in [5.74, 6) is -5.26. The monoisotopic (exact) mass is 504 g/mol. The fourth-order valence-corrected chi connectivity index (χ4v) is 7.86. The number of fused-ring (bicyclic) bond motifs is 5. The normalized spacial score (nSPS) is 40.8. The second-order valence-electron chi connectivity index (χ2n) is 11.0. The van der Waals surface area contributed by atoms with Crippen LogP contribution in [0, 0.1) is 28.6 Å². The van der Waals surface area contributed by atoms with Crippen LogP contribution >= 0.6 is 0 Å². The molecule has 0 unspecified atom stereocenters. The van der Waals surface area contributed by atoms with E-state index in [1.807, 2.05) is 0 Å². The van der Waals surface area contributed by atoms with E-state index in [1.54, 1.807) is 19.9 Å². The molecule has 0 aromatic carbocycles. The maximum absolute atomic E-state index is 17.8. The van der Waals surface area contributed by atoms with Gasteiger partial charge in [0.25, 0.3) is 0 Å². The third kappa shape index (κ3) is 3.41. The van der Waals surface area contributed by atoms with Gasteiger partial charge in [-0.25, -0.2) is 4.39 Å². The molecule has 0 saturated heterocycles. The van der Waals surface area contributed by atoms with Crippen LogP contribution in [0.15, 0.2) is 23.8 Å². The first-order valence-electron chi connectivity index (χ1n) is 12.3. The van der Waals surface area contributed by atoms with Gasteiger partial charge in [-0.3, -0.25) is 24.0 Å². The Morgan fingerprint density at radius 1 is 1.08 bits per heavy atom. The van der Waals surface area contributed by atoms with E-state index in [2.05, 4.69) is 0 Å². The first-order chi connectivity index (χ1) is 16.8. The molecule has 8 nitrogen and oxygen atoms in total. The quantitative estimate of drug-likeness (QED) is 0.414. The van der Waals surface area contributed by atoms with E-state index in [4.69, 9.17) is 14.2 Å². The molecular weight excluding hydrogens is 471 g/mol. The van der Waals surface area contributed by atoms with Gasteiger partial charge in [-0.1, -0.05) is 18.6 Å². The number of carbonyl (C=O) groups excluding carboxylic acids is 5. The topological polar surface area (TPSA) is 113 Å². The van der Waals surface area contributed by atoms with Crippen molar-refractivity contribution in [1.82, 2.24) is 0 Å². The minimum atomic E-state index is -2.09. The van der Waals surface area contributed by atoms with Crippen LogP contribution in [0.4, 0.5) is 4.39 Å². The van der Waals surface area contributed by atoms with E-state index in [0.29, 0.717) is 24.8 Å². The van der Waals surface area contributed by atoms with Crippen LogP contribution in [0.25, 0.3) is 0 Å². The highest BCUT2D eigenvalue weighted by Gasteiger charge is 2.76. The molecule has 0 aromatic heterocycles. The van der Waals surface area contributed by atoms with E-state index in [1.165, 1.54) is 33.1 Å². The van der Waals surface area contributed by atoms with E-state index >= 15 is 4.39 Å². The summed E-state index contributed by atoms with van der Waals surface area (Å²) in [6, 6.07) is 0. The molecule has 7 atom stereocenters. The Kier molecular flexibility index (Phi) is 6.29. The summed E-state index contributed by atoms with van der Waals surface area (Å²) in [5.41, 5.74) is -5.45. The van der Waals surface area contributed by atoms with Crippen molar-refractivity contribution in [2.24, 2.45) is 28.6 Å². The van der Waals surface area contributed by atoms with Crippen molar-refractivity contribution in [3.8, 4) is 0 Å². The fraction of sp³-hybridized carbons (Fsp3) is 0.667. The van der Waals surface area contributed by atoms with Crippen molar-refractivity contribution in [3.05, 3.63) is 23.8 Å². The predicted molar refractivity (Wildman–Crippen MR) is 124 cm³/mol. The molecule has 0 bridgehead atoms. The lowest BCUT2D eigenvalue weighted by Crippen LogP contribution is -2.69. The van der Waals surface area contributed by atoms with Crippen molar-refractivity contribution in [1.29, 1.82) is 0 Å². The highest BCUT2D eigenvalue weighted by molar-refractivity contribution is 6.01. The molecule has 0 aromatic rings. The standard InChI is InChI=1S/C27H33FO8/c1-15(29)35-14-22(32)26(36-16(2)30)11-9-19-20-7-6-17-12-18(31)8-10-24(17,3)27(20,28)21(23(33)34-5)13-25(19,26)4/h8,10,12,19-21H,6-7,9,11,13-14H2,1-5H3/t19-,20-,21-,24-,25-,26-,27-/m0/s1. The van der Waals surface area contributed by atoms with Crippen LogP contribution in [0.5, 0.6) is 0 Å². The fourth-order valence-electron chi connectivity index (χ4n) is 7.86. The summed E-state index contributed by atoms with van der Waals surface area (Å²) in [6.07, 6.45) is 5.60. The van der Waals surface area contributed by atoms with Crippen molar-refractivity contribution in [2.75, 3.05) is 13.7 Å². The Balaban J connectivity index is 1.87. The number of hydrogen-bond acceptors (Lipinski definition) is 8. The molecule has 3 fully saturated rings. The van der Waals surface area contributed by atoms with E-state index in [9.17, 15) is 24.0 Å². The van der Waals surface area contributed by atoms with Gasteiger partial charge >= 0.3 is 17.9 Å². The molecule has 9 heteroatoms. The van der Waals surface area contributed by atoms with Gasteiger partial charge in [-0.15, -0.1) is 0 Å². The summed E-state index contributed by atoms with van der Waals surface area (Å²) in [5, 5.41) is 0. The largest absolute Gasteiger partial charge is 0.469 e. The number of methoxy groups -OCH3 is 1. The Bertz CT molecular complexity index is 1090. The Hall–Kier alpha value is -2.84. The number of rotatable bonds is 5. The number of halogens is 1. The van der Waals surface area contributed by atoms with Gasteiger partial charge in [0.1, 0.15) is 5.67 Å². The highest BCUT2D eigenvalue weighted by Crippen LogP contribution is 2.72. The lowest BCUT2D eigenvalue weighted by atomic mass is 9.42. The SMILES string of the molecule is COC(=O)[C@@H]1C[C@@]2(C)[C@@H](CC[C@]2(OC(C)=O)C(=O)COC(C)=O)[C@@H]2CCC3=CC(=O)C=C[C@]3(C)[C@@]12F. The molecule has 3 saturated carbocycles. The third-order valence-corrected chi connectivity index (χ3v) is 9.45. The molecule has 0 amide bonds. The average Bonchev–Trinajstić information content (AvgIpc) is 3.09. The molecule has 4 rings (SSSR count). The van der Waals surface area contributed by atoms with Gasteiger partial charge in [0.2, 0.25) is 5.78 Å². The number of hydrogen-bond donors (Lipinski definition) is 0. The van der Waals surface area contributed by atoms with Gasteiger partial charge < -0.3 is 14.2 Å². The van der Waals surface area contributed by atoms with Gasteiger partial charge in [0, 0.05) is 24.7 Å². The third-order valence-electron chi connectivity index (χ3n) is 9.45. The van der Waals surface area contributed by atoms with E-state index in [0.717, 1.165) is 0 Å². The van der Waals surface area contributed by atoms with Gasteiger partial charge in [0.05, 0.1) is 13.0 Å². The summed E-state index contributed by atoms with van der Waals surface area (Å²) < 4.78 is 33.6. The average molecular weight is 505 g/mol. The van der Waals surface area contributed by atoms with Crippen LogP contribution in [0.3, 0.4) is 0 Å². The van der Waals surface area contributed by atoms with Gasteiger partial charge in [-0.2, -0.15) is 0 Å². The molecule has 4 aliphatic carbocycles. The number of ketones is 2. The maximum Gasteiger partial charge on any atom is 0.311 e. The van der Waals surface area contributed by atoms with Gasteiger partial charge in [-0.05, 0) is 63.0 Å². The van der Waals surface area contributed by atoms with E-state index < -0.39 is 70.2 Å². The molecular formula is C27H33FO8. The van der Waals surface area contributed by atoms with Crippen molar-refractivity contribution >= 4 is 29.5 Å². The predicted octanol–water partition coefficient (Wildman–Crippen LogP) is 3.22. The number of ether oxygens (including phenoxy) is 3. The summed E-state index contributed by atoms with van der Waals surface area (Å²) in [7, 11) is 1.19. The molecule has 36 heavy (non-hydrogen) atoms. The second kappa shape index (κ2) is 8.63. The Labute approximate surface area is 209 Å². The zero-order valence-corrected chi connectivity index (χ0v) is 21.4. The number of esters is 3. The number of alkyl halides is 1. The summed E-state index contributed by atoms with van der Waals surface area (Å²) >= 11 is 0. The zero-order chi connectivity index (χ0) is 26.7. The van der Waals surface area contributed by atoms with Crippen LogP contribution in [-0.2, 0) is 38.2 Å². The first-order valence-corrected chi connectivity index (χ1v) is 12.3. The molecule has 0 radical (unpaired) electrons. The molecule has 0 N–H and O–H groups in total. The molecule has 0 heterocycles. The molecule has 4 aliphatic rings. The Morgan fingerprint density at radius 2 is 1.78 bits per heavy atom. The van der Waals surface area contributed by atoms with Crippen LogP contribution in [-0.4, -0.2) is 54.5 Å². The number of carbonyl (C=O) groups is 5.